The molecular weight excluding hydrogens is 299 g/mol. The van der Waals surface area contributed by atoms with Crippen LogP contribution in [-0.4, -0.2) is 24.1 Å². The van der Waals surface area contributed by atoms with Crippen molar-refractivity contribution in [2.24, 2.45) is 5.73 Å². The first-order valence-corrected chi connectivity index (χ1v) is 6.69. The zero-order valence-electron chi connectivity index (χ0n) is 12.0. The fourth-order valence-corrected chi connectivity index (χ4v) is 1.62. The number of benzene rings is 1. The molecule has 1 aromatic rings. The maximum absolute atomic E-state index is 12.0. The summed E-state index contributed by atoms with van der Waals surface area (Å²) in [5.41, 5.74) is 5.38. The van der Waals surface area contributed by atoms with Crippen LogP contribution in [0.3, 0.4) is 0 Å². The first-order valence-electron chi connectivity index (χ1n) is 6.31. The Morgan fingerprint density at radius 3 is 2.55 bits per heavy atom. The standard InChI is InChI=1S/C14H21ClN2O2.ClH/c1-4-11(13(18)17-9-14(2,3)16)19-12-8-6-5-7-10(12)15;/h5-8,11H,4,9,16H2,1-3H3,(H,17,18);1H. The molecule has 0 spiro atoms. The van der Waals surface area contributed by atoms with Crippen molar-refractivity contribution >= 4 is 29.9 Å². The number of nitrogens with one attached hydrogen (secondary N) is 1. The van der Waals surface area contributed by atoms with Gasteiger partial charge in [0.2, 0.25) is 0 Å². The van der Waals surface area contributed by atoms with Crippen molar-refractivity contribution in [3.63, 3.8) is 0 Å². The summed E-state index contributed by atoms with van der Waals surface area (Å²) in [6.07, 6.45) is -0.00977. The lowest BCUT2D eigenvalue weighted by atomic mass is 10.1. The maximum Gasteiger partial charge on any atom is 0.261 e. The molecule has 114 valence electrons. The molecule has 20 heavy (non-hydrogen) atoms. The highest BCUT2D eigenvalue weighted by Gasteiger charge is 2.21. The molecule has 0 bridgehead atoms. The van der Waals surface area contributed by atoms with E-state index in [-0.39, 0.29) is 18.3 Å². The summed E-state index contributed by atoms with van der Waals surface area (Å²) >= 11 is 6.00. The molecule has 0 aliphatic heterocycles. The van der Waals surface area contributed by atoms with E-state index in [2.05, 4.69) is 5.32 Å². The van der Waals surface area contributed by atoms with Gasteiger partial charge in [-0.3, -0.25) is 4.79 Å². The molecule has 6 heteroatoms. The predicted octanol–water partition coefficient (Wildman–Crippen LogP) is 2.77. The average Bonchev–Trinajstić information content (AvgIpc) is 2.34. The van der Waals surface area contributed by atoms with Gasteiger partial charge in [-0.25, -0.2) is 0 Å². The number of nitrogens with two attached hydrogens (primary N) is 1. The third-order valence-corrected chi connectivity index (χ3v) is 2.80. The minimum Gasteiger partial charge on any atom is -0.479 e. The summed E-state index contributed by atoms with van der Waals surface area (Å²) in [6, 6.07) is 7.09. The van der Waals surface area contributed by atoms with Gasteiger partial charge < -0.3 is 15.8 Å². The van der Waals surface area contributed by atoms with E-state index in [0.717, 1.165) is 0 Å². The molecule has 0 saturated heterocycles. The Morgan fingerprint density at radius 2 is 2.05 bits per heavy atom. The molecule has 1 aromatic carbocycles. The molecule has 0 heterocycles. The van der Waals surface area contributed by atoms with Gasteiger partial charge in [-0.2, -0.15) is 0 Å². The molecular formula is C14H22Cl2N2O2. The summed E-state index contributed by atoms with van der Waals surface area (Å²) in [5.74, 6) is 0.333. The summed E-state index contributed by atoms with van der Waals surface area (Å²) < 4.78 is 5.64. The fourth-order valence-electron chi connectivity index (χ4n) is 1.44. The van der Waals surface area contributed by atoms with Gasteiger partial charge in [0.15, 0.2) is 6.10 Å². The largest absolute Gasteiger partial charge is 0.479 e. The predicted molar refractivity (Wildman–Crippen MR) is 84.7 cm³/mol. The summed E-state index contributed by atoms with van der Waals surface area (Å²) in [6.45, 7) is 5.98. The number of halogens is 2. The molecule has 0 radical (unpaired) electrons. The van der Waals surface area contributed by atoms with Crippen molar-refractivity contribution in [2.75, 3.05) is 6.54 Å². The number of carbonyl (C=O) groups is 1. The normalized spacial score (nSPS) is 12.2. The van der Waals surface area contributed by atoms with Crippen LogP contribution in [-0.2, 0) is 4.79 Å². The molecule has 1 amide bonds. The lowest BCUT2D eigenvalue weighted by molar-refractivity contribution is -0.128. The summed E-state index contributed by atoms with van der Waals surface area (Å²) in [5, 5.41) is 3.27. The second-order valence-electron chi connectivity index (χ2n) is 5.15. The lowest BCUT2D eigenvalue weighted by Gasteiger charge is -2.22. The van der Waals surface area contributed by atoms with Crippen molar-refractivity contribution in [3.8, 4) is 5.75 Å². The zero-order valence-corrected chi connectivity index (χ0v) is 13.6. The monoisotopic (exact) mass is 320 g/mol. The van der Waals surface area contributed by atoms with Crippen molar-refractivity contribution in [2.45, 2.75) is 38.8 Å². The van der Waals surface area contributed by atoms with Crippen LogP contribution in [0.15, 0.2) is 24.3 Å². The van der Waals surface area contributed by atoms with Gasteiger partial charge in [-0.15, -0.1) is 12.4 Å². The Balaban J connectivity index is 0.00000361. The van der Waals surface area contributed by atoms with E-state index in [9.17, 15) is 4.79 Å². The van der Waals surface area contributed by atoms with E-state index in [1.54, 1.807) is 12.1 Å². The number of carbonyl (C=O) groups excluding carboxylic acids is 1. The Kier molecular flexibility index (Phi) is 7.94. The SMILES string of the molecule is CCC(Oc1ccccc1Cl)C(=O)NCC(C)(C)N.Cl. The minimum atomic E-state index is -0.567. The molecule has 0 saturated carbocycles. The summed E-state index contributed by atoms with van der Waals surface area (Å²) in [7, 11) is 0. The van der Waals surface area contributed by atoms with Crippen LogP contribution in [0.5, 0.6) is 5.75 Å². The third-order valence-electron chi connectivity index (χ3n) is 2.49. The van der Waals surface area contributed by atoms with E-state index in [1.807, 2.05) is 32.9 Å². The molecule has 1 atom stereocenters. The van der Waals surface area contributed by atoms with Gasteiger partial charge in [0.25, 0.3) is 5.91 Å². The molecule has 0 aromatic heterocycles. The molecule has 3 N–H and O–H groups in total. The quantitative estimate of drug-likeness (QED) is 0.847. The van der Waals surface area contributed by atoms with Crippen LogP contribution in [0.25, 0.3) is 0 Å². The topological polar surface area (TPSA) is 64.3 Å². The maximum atomic E-state index is 12.0. The second-order valence-corrected chi connectivity index (χ2v) is 5.56. The molecule has 0 fully saturated rings. The third kappa shape index (κ3) is 6.46. The van der Waals surface area contributed by atoms with E-state index in [1.165, 1.54) is 0 Å². The van der Waals surface area contributed by atoms with Crippen molar-refractivity contribution < 1.29 is 9.53 Å². The summed E-state index contributed by atoms with van der Waals surface area (Å²) in [4.78, 5) is 12.0. The van der Waals surface area contributed by atoms with Crippen LogP contribution < -0.4 is 15.8 Å². The average molecular weight is 321 g/mol. The minimum absolute atomic E-state index is 0. The number of amides is 1. The Morgan fingerprint density at radius 1 is 1.45 bits per heavy atom. The van der Waals surface area contributed by atoms with Crippen molar-refractivity contribution in [1.29, 1.82) is 0 Å². The number of hydrogen-bond donors (Lipinski definition) is 2. The number of rotatable bonds is 6. The zero-order chi connectivity index (χ0) is 14.5. The smallest absolute Gasteiger partial charge is 0.261 e. The van der Waals surface area contributed by atoms with Crippen LogP contribution in [0.1, 0.15) is 27.2 Å². The number of para-hydroxylation sites is 1. The highest BCUT2D eigenvalue weighted by molar-refractivity contribution is 6.32. The van der Waals surface area contributed by atoms with Crippen molar-refractivity contribution in [3.05, 3.63) is 29.3 Å². The van der Waals surface area contributed by atoms with E-state index in [0.29, 0.717) is 23.7 Å². The number of hydrogen-bond acceptors (Lipinski definition) is 3. The van der Waals surface area contributed by atoms with E-state index in [4.69, 9.17) is 22.1 Å². The van der Waals surface area contributed by atoms with Gasteiger partial charge in [-0.05, 0) is 32.4 Å². The Bertz CT molecular complexity index is 433. The molecule has 1 unspecified atom stereocenters. The second kappa shape index (κ2) is 8.35. The van der Waals surface area contributed by atoms with Crippen LogP contribution in [0.2, 0.25) is 5.02 Å². The Labute approximate surface area is 131 Å². The lowest BCUT2D eigenvalue weighted by Crippen LogP contribution is -2.48. The van der Waals surface area contributed by atoms with Crippen LogP contribution in [0, 0.1) is 0 Å². The molecule has 0 aliphatic carbocycles. The van der Waals surface area contributed by atoms with Gasteiger partial charge in [0, 0.05) is 12.1 Å². The van der Waals surface area contributed by atoms with Gasteiger partial charge in [-0.1, -0.05) is 30.7 Å². The fraction of sp³-hybridized carbons (Fsp3) is 0.500. The van der Waals surface area contributed by atoms with E-state index >= 15 is 0 Å². The highest BCUT2D eigenvalue weighted by Crippen LogP contribution is 2.24. The molecule has 1 rings (SSSR count). The highest BCUT2D eigenvalue weighted by atomic mass is 35.5. The molecule has 4 nitrogen and oxygen atoms in total. The Hall–Kier alpha value is -0.970. The van der Waals surface area contributed by atoms with Crippen LogP contribution in [0.4, 0.5) is 0 Å². The first kappa shape index (κ1) is 19.0. The van der Waals surface area contributed by atoms with Gasteiger partial charge in [0.1, 0.15) is 5.75 Å². The van der Waals surface area contributed by atoms with Gasteiger partial charge in [0.05, 0.1) is 5.02 Å². The van der Waals surface area contributed by atoms with Crippen molar-refractivity contribution in [1.82, 2.24) is 5.32 Å². The van der Waals surface area contributed by atoms with Crippen LogP contribution >= 0.6 is 24.0 Å². The first-order chi connectivity index (χ1) is 8.83. The molecule has 0 aliphatic rings. The van der Waals surface area contributed by atoms with E-state index < -0.39 is 11.6 Å². The van der Waals surface area contributed by atoms with Gasteiger partial charge >= 0.3 is 0 Å². The number of ether oxygens (including phenoxy) is 1.